The van der Waals surface area contributed by atoms with E-state index in [1.165, 1.54) is 55.2 Å². The van der Waals surface area contributed by atoms with E-state index >= 15 is 0 Å². The van der Waals surface area contributed by atoms with Gasteiger partial charge in [0.1, 0.15) is 13.1 Å². The molecule has 1 aromatic carbocycles. The smallest absolute Gasteiger partial charge is 0.331 e. The minimum atomic E-state index is -3.74. The summed E-state index contributed by atoms with van der Waals surface area (Å²) in [7, 11) is 0.814. The highest BCUT2D eigenvalue weighted by Crippen LogP contribution is 2.27. The fourth-order valence-electron chi connectivity index (χ4n) is 2.32. The molecule has 25 heavy (non-hydrogen) atoms. The first-order chi connectivity index (χ1) is 11.5. The zero-order valence-electron chi connectivity index (χ0n) is 14.5. The molecule has 0 unspecified atom stereocenters. The van der Waals surface area contributed by atoms with Crippen LogP contribution in [-0.2, 0) is 19.6 Å². The van der Waals surface area contributed by atoms with Gasteiger partial charge in [-0.15, -0.1) is 0 Å². The number of rotatable bonds is 5. The van der Waals surface area contributed by atoms with Crippen LogP contribution in [0.1, 0.15) is 0 Å². The minimum Gasteiger partial charge on any atom is -0.347 e. The summed E-state index contributed by atoms with van der Waals surface area (Å²) in [5.41, 5.74) is 0.452. The molecule has 0 N–H and O–H groups in total. The molecule has 1 heterocycles. The Morgan fingerprint density at radius 1 is 1.24 bits per heavy atom. The lowest BCUT2D eigenvalue weighted by Crippen LogP contribution is -2.40. The molecular formula is C15H20N4O5S. The number of benzene rings is 1. The predicted molar refractivity (Wildman–Crippen MR) is 92.8 cm³/mol. The zero-order valence-corrected chi connectivity index (χ0v) is 15.3. The second kappa shape index (κ2) is 6.71. The Morgan fingerprint density at radius 3 is 2.36 bits per heavy atom. The number of anilines is 2. The highest BCUT2D eigenvalue weighted by Gasteiger charge is 2.35. The number of sulfonamides is 1. The average Bonchev–Trinajstić information content (AvgIpc) is 2.76. The standard InChI is InChI=1S/C15H20N4O5S/c1-16(2)13(20)10-18(25(4,23)24)11-6-5-7-12(8-11)19-14(21)9-17(3)15(19)22/h5-8H,9-10H2,1-4H3. The van der Waals surface area contributed by atoms with Gasteiger partial charge in [0.15, 0.2) is 0 Å². The molecule has 0 saturated carbocycles. The quantitative estimate of drug-likeness (QED) is 0.678. The van der Waals surface area contributed by atoms with Crippen molar-refractivity contribution in [2.45, 2.75) is 0 Å². The van der Waals surface area contributed by atoms with Gasteiger partial charge in [0.2, 0.25) is 15.9 Å². The van der Waals surface area contributed by atoms with E-state index in [0.29, 0.717) is 0 Å². The monoisotopic (exact) mass is 368 g/mol. The number of imide groups is 1. The maximum Gasteiger partial charge on any atom is 0.331 e. The Morgan fingerprint density at radius 2 is 1.88 bits per heavy atom. The molecule has 0 spiro atoms. The van der Waals surface area contributed by atoms with Gasteiger partial charge in [0, 0.05) is 21.1 Å². The van der Waals surface area contributed by atoms with Crippen molar-refractivity contribution in [2.24, 2.45) is 0 Å². The van der Waals surface area contributed by atoms with Gasteiger partial charge in [-0.05, 0) is 18.2 Å². The van der Waals surface area contributed by atoms with Gasteiger partial charge in [0.05, 0.1) is 17.6 Å². The number of hydrogen-bond donors (Lipinski definition) is 0. The van der Waals surface area contributed by atoms with Crippen molar-refractivity contribution in [2.75, 3.05) is 49.7 Å². The van der Waals surface area contributed by atoms with Crippen LogP contribution in [0.15, 0.2) is 24.3 Å². The highest BCUT2D eigenvalue weighted by atomic mass is 32.2. The highest BCUT2D eigenvalue weighted by molar-refractivity contribution is 7.92. The van der Waals surface area contributed by atoms with Crippen LogP contribution in [0.2, 0.25) is 0 Å². The Balaban J connectivity index is 2.42. The van der Waals surface area contributed by atoms with E-state index in [1.807, 2.05) is 0 Å². The summed E-state index contributed by atoms with van der Waals surface area (Å²) in [6.07, 6.45) is 0.989. The van der Waals surface area contributed by atoms with Crippen LogP contribution < -0.4 is 9.21 Å². The lowest BCUT2D eigenvalue weighted by Gasteiger charge is -2.24. The van der Waals surface area contributed by atoms with Crippen molar-refractivity contribution >= 4 is 39.2 Å². The Bertz CT molecular complexity index is 821. The maximum absolute atomic E-state index is 12.1. The van der Waals surface area contributed by atoms with Crippen molar-refractivity contribution in [3.8, 4) is 0 Å². The summed E-state index contributed by atoms with van der Waals surface area (Å²) >= 11 is 0. The predicted octanol–water partition coefficient (Wildman–Crippen LogP) is -0.0608. The molecule has 1 aliphatic heterocycles. The summed E-state index contributed by atoms with van der Waals surface area (Å²) in [6.45, 7) is -0.422. The number of likely N-dealkylation sites (N-methyl/N-ethyl adjacent to an activating group) is 2. The summed E-state index contributed by atoms with van der Waals surface area (Å²) < 4.78 is 25.1. The molecule has 1 fully saturated rings. The van der Waals surface area contributed by atoms with Crippen LogP contribution in [0.5, 0.6) is 0 Å². The van der Waals surface area contributed by atoms with E-state index in [0.717, 1.165) is 15.5 Å². The van der Waals surface area contributed by atoms with Gasteiger partial charge in [-0.2, -0.15) is 0 Å². The van der Waals surface area contributed by atoms with Crippen molar-refractivity contribution in [3.05, 3.63) is 24.3 Å². The van der Waals surface area contributed by atoms with Crippen LogP contribution in [0.25, 0.3) is 0 Å². The lowest BCUT2D eigenvalue weighted by atomic mass is 10.2. The third-order valence-corrected chi connectivity index (χ3v) is 4.83. The fourth-order valence-corrected chi connectivity index (χ4v) is 3.17. The van der Waals surface area contributed by atoms with Crippen LogP contribution in [0.3, 0.4) is 0 Å². The fraction of sp³-hybridized carbons (Fsp3) is 0.400. The molecule has 1 saturated heterocycles. The largest absolute Gasteiger partial charge is 0.347 e. The number of nitrogens with zero attached hydrogens (tertiary/aromatic N) is 4. The summed E-state index contributed by atoms with van der Waals surface area (Å²) in [6, 6.07) is 5.48. The molecule has 4 amide bonds. The molecule has 0 radical (unpaired) electrons. The summed E-state index contributed by atoms with van der Waals surface area (Å²) in [4.78, 5) is 39.6. The van der Waals surface area contributed by atoms with Gasteiger partial charge in [0.25, 0.3) is 5.91 Å². The molecule has 136 valence electrons. The number of carbonyl (C=O) groups is 3. The van der Waals surface area contributed by atoms with Crippen molar-refractivity contribution in [3.63, 3.8) is 0 Å². The van der Waals surface area contributed by atoms with E-state index < -0.39 is 27.9 Å². The molecule has 9 nitrogen and oxygen atoms in total. The number of amides is 4. The minimum absolute atomic E-state index is 0.0437. The first-order valence-electron chi connectivity index (χ1n) is 7.38. The topological polar surface area (TPSA) is 98.3 Å². The first-order valence-corrected chi connectivity index (χ1v) is 9.23. The lowest BCUT2D eigenvalue weighted by molar-refractivity contribution is -0.127. The third kappa shape index (κ3) is 3.90. The first kappa shape index (κ1) is 18.7. The van der Waals surface area contributed by atoms with Crippen molar-refractivity contribution < 1.29 is 22.8 Å². The van der Waals surface area contributed by atoms with Gasteiger partial charge in [-0.3, -0.25) is 13.9 Å². The van der Waals surface area contributed by atoms with Gasteiger partial charge in [-0.1, -0.05) is 6.07 Å². The summed E-state index contributed by atoms with van der Waals surface area (Å²) in [5, 5.41) is 0. The zero-order chi connectivity index (χ0) is 18.9. The average molecular weight is 368 g/mol. The van der Waals surface area contributed by atoms with Crippen molar-refractivity contribution in [1.82, 2.24) is 9.80 Å². The van der Waals surface area contributed by atoms with Crippen LogP contribution in [-0.4, -0.2) is 76.6 Å². The molecule has 1 aromatic rings. The second-order valence-electron chi connectivity index (χ2n) is 5.95. The van der Waals surface area contributed by atoms with E-state index in [-0.39, 0.29) is 24.5 Å². The van der Waals surface area contributed by atoms with Crippen LogP contribution in [0, 0.1) is 0 Å². The van der Waals surface area contributed by atoms with Crippen LogP contribution in [0.4, 0.5) is 16.2 Å². The molecule has 0 aromatic heterocycles. The summed E-state index contributed by atoms with van der Waals surface area (Å²) in [5.74, 6) is -0.802. The number of hydrogen-bond acceptors (Lipinski definition) is 5. The van der Waals surface area contributed by atoms with E-state index in [1.54, 1.807) is 0 Å². The van der Waals surface area contributed by atoms with E-state index in [9.17, 15) is 22.8 Å². The SMILES string of the molecule is CN(C)C(=O)CN(c1cccc(N2C(=O)CN(C)C2=O)c1)S(C)(=O)=O. The molecule has 0 aliphatic carbocycles. The van der Waals surface area contributed by atoms with Gasteiger partial charge in [-0.25, -0.2) is 18.1 Å². The Kier molecular flexibility index (Phi) is 5.02. The van der Waals surface area contributed by atoms with Gasteiger partial charge >= 0.3 is 6.03 Å². The van der Waals surface area contributed by atoms with E-state index in [2.05, 4.69) is 0 Å². The second-order valence-corrected chi connectivity index (χ2v) is 7.85. The molecular weight excluding hydrogens is 348 g/mol. The van der Waals surface area contributed by atoms with Crippen molar-refractivity contribution in [1.29, 1.82) is 0 Å². The number of carbonyl (C=O) groups excluding carboxylic acids is 3. The van der Waals surface area contributed by atoms with Crippen LogP contribution >= 0.6 is 0 Å². The Labute approximate surface area is 146 Å². The Hall–Kier alpha value is -2.62. The van der Waals surface area contributed by atoms with E-state index in [4.69, 9.17) is 0 Å². The normalized spacial score (nSPS) is 14.9. The number of urea groups is 1. The molecule has 1 aliphatic rings. The molecule has 0 bridgehead atoms. The molecule has 2 rings (SSSR count). The maximum atomic E-state index is 12.1. The molecule has 0 atom stereocenters. The third-order valence-electron chi connectivity index (χ3n) is 3.69. The van der Waals surface area contributed by atoms with Gasteiger partial charge < -0.3 is 9.80 Å². The molecule has 10 heteroatoms.